The number of nitrogens with one attached hydrogen (secondary N) is 1. The first-order valence-corrected chi connectivity index (χ1v) is 10.9. The van der Waals surface area contributed by atoms with Gasteiger partial charge in [-0.3, -0.25) is 4.79 Å². The van der Waals surface area contributed by atoms with Gasteiger partial charge in [-0.15, -0.1) is 0 Å². The lowest BCUT2D eigenvalue weighted by atomic mass is 9.99. The number of nitrogens with zero attached hydrogens (tertiary/aromatic N) is 1. The number of aryl methyl sites for hydroxylation is 1. The van der Waals surface area contributed by atoms with Crippen molar-refractivity contribution in [2.24, 2.45) is 5.92 Å². The molecule has 1 heterocycles. The largest absolute Gasteiger partial charge is 0.495 e. The minimum atomic E-state index is -0.190. The van der Waals surface area contributed by atoms with Crippen LogP contribution >= 0.6 is 0 Å². The van der Waals surface area contributed by atoms with E-state index in [1.165, 1.54) is 5.56 Å². The minimum Gasteiger partial charge on any atom is -0.495 e. The van der Waals surface area contributed by atoms with E-state index in [1.54, 1.807) is 7.11 Å². The smallest absolute Gasteiger partial charge is 0.256 e. The lowest BCUT2D eigenvalue weighted by Gasteiger charge is -2.13. The summed E-state index contributed by atoms with van der Waals surface area (Å²) in [7, 11) is 1.60. The number of anilines is 1. The normalized spacial score (nSPS) is 11.0. The molecule has 4 heteroatoms. The molecule has 4 aromatic rings. The molecule has 4 rings (SSSR count). The molecule has 162 valence electrons. The van der Waals surface area contributed by atoms with Crippen molar-refractivity contribution >= 4 is 22.5 Å². The third-order valence-corrected chi connectivity index (χ3v) is 5.46. The Hall–Kier alpha value is -3.66. The molecule has 0 unspecified atom stereocenters. The second-order valence-corrected chi connectivity index (χ2v) is 8.52. The van der Waals surface area contributed by atoms with Gasteiger partial charge < -0.3 is 10.1 Å². The van der Waals surface area contributed by atoms with Gasteiger partial charge in [-0.1, -0.05) is 62.4 Å². The van der Waals surface area contributed by atoms with Crippen LogP contribution in [0.5, 0.6) is 5.75 Å². The summed E-state index contributed by atoms with van der Waals surface area (Å²) in [4.78, 5) is 18.2. The van der Waals surface area contributed by atoms with Crippen molar-refractivity contribution in [3.05, 3.63) is 89.5 Å². The Bertz CT molecular complexity index is 1260. The molecule has 1 amide bonds. The molecule has 0 spiro atoms. The predicted octanol–water partition coefficient (Wildman–Crippen LogP) is 6.67. The van der Waals surface area contributed by atoms with Gasteiger partial charge in [0.15, 0.2) is 0 Å². The summed E-state index contributed by atoms with van der Waals surface area (Å²) in [5.41, 5.74) is 6.14. The Balaban J connectivity index is 1.74. The standard InChI is InChI=1S/C28H28N2O2/c1-18(2)15-20-10-12-21(13-11-20)25-17-23(22-7-5-6-8-24(22)29-25)28(31)30-26-16-19(3)9-14-27(26)32-4/h5-14,16-18H,15H2,1-4H3,(H,30,31). The summed E-state index contributed by atoms with van der Waals surface area (Å²) < 4.78 is 5.43. The number of methoxy groups -OCH3 is 1. The topological polar surface area (TPSA) is 51.2 Å². The van der Waals surface area contributed by atoms with E-state index in [0.717, 1.165) is 34.1 Å². The van der Waals surface area contributed by atoms with Crippen LogP contribution in [0.4, 0.5) is 5.69 Å². The highest BCUT2D eigenvalue weighted by Gasteiger charge is 2.16. The van der Waals surface area contributed by atoms with Gasteiger partial charge in [-0.05, 0) is 54.7 Å². The Morgan fingerprint density at radius 3 is 2.47 bits per heavy atom. The molecule has 0 saturated carbocycles. The number of amides is 1. The highest BCUT2D eigenvalue weighted by atomic mass is 16.5. The third-order valence-electron chi connectivity index (χ3n) is 5.46. The molecule has 4 nitrogen and oxygen atoms in total. The molecule has 1 aromatic heterocycles. The number of para-hydroxylation sites is 1. The number of aromatic nitrogens is 1. The predicted molar refractivity (Wildman–Crippen MR) is 131 cm³/mol. The maximum absolute atomic E-state index is 13.4. The number of hydrogen-bond acceptors (Lipinski definition) is 3. The van der Waals surface area contributed by atoms with E-state index in [-0.39, 0.29) is 5.91 Å². The molecular weight excluding hydrogens is 396 g/mol. The molecule has 0 bridgehead atoms. The van der Waals surface area contributed by atoms with Crippen LogP contribution in [0.2, 0.25) is 0 Å². The lowest BCUT2D eigenvalue weighted by molar-refractivity contribution is 0.102. The van der Waals surface area contributed by atoms with E-state index in [9.17, 15) is 4.79 Å². The maximum atomic E-state index is 13.4. The monoisotopic (exact) mass is 424 g/mol. The molecule has 0 aliphatic rings. The average molecular weight is 425 g/mol. The van der Waals surface area contributed by atoms with Crippen molar-refractivity contribution in [1.82, 2.24) is 4.98 Å². The van der Waals surface area contributed by atoms with E-state index >= 15 is 0 Å². The summed E-state index contributed by atoms with van der Waals surface area (Å²) in [6, 6.07) is 23.8. The number of pyridine rings is 1. The zero-order valence-corrected chi connectivity index (χ0v) is 19.0. The van der Waals surface area contributed by atoms with Crippen LogP contribution in [-0.4, -0.2) is 18.0 Å². The van der Waals surface area contributed by atoms with Crippen LogP contribution < -0.4 is 10.1 Å². The number of rotatable bonds is 6. The van der Waals surface area contributed by atoms with E-state index < -0.39 is 0 Å². The highest BCUT2D eigenvalue weighted by molar-refractivity contribution is 6.13. The minimum absolute atomic E-state index is 0.190. The van der Waals surface area contributed by atoms with Crippen molar-refractivity contribution in [3.8, 4) is 17.0 Å². The first-order chi connectivity index (χ1) is 15.4. The number of benzene rings is 3. The molecular formula is C28H28N2O2. The Labute approximate surface area is 189 Å². The first-order valence-electron chi connectivity index (χ1n) is 10.9. The summed E-state index contributed by atoms with van der Waals surface area (Å²) in [6.45, 7) is 6.41. The zero-order valence-electron chi connectivity index (χ0n) is 19.0. The van der Waals surface area contributed by atoms with Crippen molar-refractivity contribution in [3.63, 3.8) is 0 Å². The number of carbonyl (C=O) groups is 1. The zero-order chi connectivity index (χ0) is 22.7. The van der Waals surface area contributed by atoms with Crippen molar-refractivity contribution < 1.29 is 9.53 Å². The molecule has 0 aliphatic heterocycles. The van der Waals surface area contributed by atoms with Gasteiger partial charge in [-0.2, -0.15) is 0 Å². The molecule has 32 heavy (non-hydrogen) atoms. The average Bonchev–Trinajstić information content (AvgIpc) is 2.78. The molecule has 0 atom stereocenters. The van der Waals surface area contributed by atoms with Crippen molar-refractivity contribution in [2.75, 3.05) is 12.4 Å². The summed E-state index contributed by atoms with van der Waals surface area (Å²) in [6.07, 6.45) is 1.04. The van der Waals surface area contributed by atoms with Crippen LogP contribution in [0.3, 0.4) is 0 Å². The van der Waals surface area contributed by atoms with E-state index in [0.29, 0.717) is 22.9 Å². The number of hydrogen-bond donors (Lipinski definition) is 1. The summed E-state index contributed by atoms with van der Waals surface area (Å²) >= 11 is 0. The van der Waals surface area contributed by atoms with Gasteiger partial charge in [-0.25, -0.2) is 4.98 Å². The van der Waals surface area contributed by atoms with E-state index in [4.69, 9.17) is 9.72 Å². The van der Waals surface area contributed by atoms with Crippen molar-refractivity contribution in [2.45, 2.75) is 27.2 Å². The number of carbonyl (C=O) groups excluding carboxylic acids is 1. The van der Waals surface area contributed by atoms with Crippen molar-refractivity contribution in [1.29, 1.82) is 0 Å². The molecule has 0 radical (unpaired) electrons. The SMILES string of the molecule is COc1ccc(C)cc1NC(=O)c1cc(-c2ccc(CC(C)C)cc2)nc2ccccc12. The molecule has 3 aromatic carbocycles. The van der Waals surface area contributed by atoms with Gasteiger partial charge in [0.25, 0.3) is 5.91 Å². The molecule has 0 saturated heterocycles. The second kappa shape index (κ2) is 9.23. The maximum Gasteiger partial charge on any atom is 0.256 e. The number of fused-ring (bicyclic) bond motifs is 1. The Morgan fingerprint density at radius 2 is 1.75 bits per heavy atom. The van der Waals surface area contributed by atoms with Gasteiger partial charge in [0.1, 0.15) is 5.75 Å². The van der Waals surface area contributed by atoms with Crippen LogP contribution in [0.25, 0.3) is 22.2 Å². The molecule has 0 fully saturated rings. The number of ether oxygens (including phenoxy) is 1. The Kier molecular flexibility index (Phi) is 6.22. The fraction of sp³-hybridized carbons (Fsp3) is 0.214. The second-order valence-electron chi connectivity index (χ2n) is 8.52. The van der Waals surface area contributed by atoms with Gasteiger partial charge >= 0.3 is 0 Å². The third kappa shape index (κ3) is 4.65. The van der Waals surface area contributed by atoms with Crippen LogP contribution in [-0.2, 0) is 6.42 Å². The fourth-order valence-corrected chi connectivity index (χ4v) is 3.90. The van der Waals surface area contributed by atoms with Gasteiger partial charge in [0, 0.05) is 10.9 Å². The molecule has 1 N–H and O–H groups in total. The van der Waals surface area contributed by atoms with E-state index in [2.05, 4.69) is 43.4 Å². The summed E-state index contributed by atoms with van der Waals surface area (Å²) in [5, 5.41) is 3.84. The highest BCUT2D eigenvalue weighted by Crippen LogP contribution is 2.29. The Morgan fingerprint density at radius 1 is 1.00 bits per heavy atom. The fourth-order valence-electron chi connectivity index (χ4n) is 3.90. The van der Waals surface area contributed by atoms with Crippen LogP contribution in [0.1, 0.15) is 35.3 Å². The molecule has 0 aliphatic carbocycles. The summed E-state index contributed by atoms with van der Waals surface area (Å²) in [5.74, 6) is 1.04. The van der Waals surface area contributed by atoms with Crippen LogP contribution in [0, 0.1) is 12.8 Å². The first kappa shape index (κ1) is 21.6. The van der Waals surface area contributed by atoms with Gasteiger partial charge in [0.05, 0.1) is 29.6 Å². The van der Waals surface area contributed by atoms with Gasteiger partial charge in [0.2, 0.25) is 0 Å². The van der Waals surface area contributed by atoms with Crippen LogP contribution in [0.15, 0.2) is 72.8 Å². The lowest BCUT2D eigenvalue weighted by Crippen LogP contribution is -2.14. The van der Waals surface area contributed by atoms with E-state index in [1.807, 2.05) is 55.5 Å². The quantitative estimate of drug-likeness (QED) is 0.376.